The number of amidine groups is 1. The van der Waals surface area contributed by atoms with Crippen LogP contribution in [0.2, 0.25) is 0 Å². The fourth-order valence-corrected chi connectivity index (χ4v) is 3.72. The standard InChI is InChI=1S/C18H28N5O2/c1-6-7-8-9-10-11-22-12(2)13(3)23-14-15(19-17(22)23)20(4)18(25)21(5)16(14)24/h14H,6-11H2,1-5H3/q+1. The number of carbonyl (C=O) groups excluding carboxylic acids is 2. The molecule has 1 aromatic rings. The van der Waals surface area contributed by atoms with Crippen LogP contribution in [0.25, 0.3) is 0 Å². The Morgan fingerprint density at radius 3 is 2.40 bits per heavy atom. The Balaban J connectivity index is 1.92. The molecule has 1 saturated heterocycles. The van der Waals surface area contributed by atoms with Gasteiger partial charge in [-0.2, -0.15) is 0 Å². The van der Waals surface area contributed by atoms with Gasteiger partial charge in [-0.3, -0.25) is 14.6 Å². The van der Waals surface area contributed by atoms with Gasteiger partial charge in [-0.1, -0.05) is 37.6 Å². The maximum absolute atomic E-state index is 12.7. The van der Waals surface area contributed by atoms with Gasteiger partial charge < -0.3 is 0 Å². The van der Waals surface area contributed by atoms with Gasteiger partial charge in [0.05, 0.1) is 6.54 Å². The molecule has 136 valence electrons. The molecular weight excluding hydrogens is 318 g/mol. The minimum Gasteiger partial charge on any atom is -0.270 e. The third-order valence-corrected chi connectivity index (χ3v) is 5.43. The van der Waals surface area contributed by atoms with Gasteiger partial charge in [0.15, 0.2) is 0 Å². The van der Waals surface area contributed by atoms with Crippen LogP contribution in [0.4, 0.5) is 10.7 Å². The van der Waals surface area contributed by atoms with Crippen LogP contribution in [0, 0.1) is 13.8 Å². The Morgan fingerprint density at radius 1 is 1.04 bits per heavy atom. The van der Waals surface area contributed by atoms with Gasteiger partial charge in [-0.15, -0.1) is 0 Å². The van der Waals surface area contributed by atoms with Crippen molar-refractivity contribution in [3.8, 4) is 0 Å². The number of aliphatic imine (C=N–C) groups is 1. The molecule has 0 radical (unpaired) electrons. The highest BCUT2D eigenvalue weighted by atomic mass is 16.2. The second-order valence-electron chi connectivity index (χ2n) is 7.02. The minimum absolute atomic E-state index is 0.214. The quantitative estimate of drug-likeness (QED) is 0.587. The molecule has 0 bridgehead atoms. The summed E-state index contributed by atoms with van der Waals surface area (Å²) in [5.41, 5.74) is 2.18. The smallest absolute Gasteiger partial charge is 0.270 e. The molecule has 3 rings (SSSR count). The molecule has 2 aliphatic rings. The maximum Gasteiger partial charge on any atom is 0.402 e. The molecule has 1 unspecified atom stereocenters. The van der Waals surface area contributed by atoms with Crippen molar-refractivity contribution in [2.45, 2.75) is 65.5 Å². The van der Waals surface area contributed by atoms with Crippen molar-refractivity contribution in [1.29, 1.82) is 0 Å². The summed E-state index contributed by atoms with van der Waals surface area (Å²) in [6, 6.07) is -0.853. The molecule has 1 atom stereocenters. The van der Waals surface area contributed by atoms with Crippen LogP contribution in [-0.2, 0) is 11.3 Å². The van der Waals surface area contributed by atoms with E-state index in [-0.39, 0.29) is 11.9 Å². The first-order chi connectivity index (χ1) is 11.9. The van der Waals surface area contributed by atoms with Crippen molar-refractivity contribution in [1.82, 2.24) is 14.4 Å². The lowest BCUT2D eigenvalue weighted by Crippen LogP contribution is -2.56. The molecular formula is C18H28N5O2+. The van der Waals surface area contributed by atoms with Crippen LogP contribution in [0.15, 0.2) is 4.99 Å². The van der Waals surface area contributed by atoms with Crippen molar-refractivity contribution in [3.63, 3.8) is 0 Å². The van der Waals surface area contributed by atoms with Crippen LogP contribution in [0.3, 0.4) is 0 Å². The number of aromatic nitrogens is 2. The lowest BCUT2D eigenvalue weighted by Gasteiger charge is -2.30. The van der Waals surface area contributed by atoms with E-state index in [1.165, 1.54) is 42.5 Å². The van der Waals surface area contributed by atoms with Crippen molar-refractivity contribution in [3.05, 3.63) is 11.4 Å². The molecule has 0 saturated carbocycles. The molecule has 0 aromatic carbocycles. The molecule has 0 spiro atoms. The molecule has 7 heteroatoms. The first kappa shape index (κ1) is 17.6. The number of nitrogens with zero attached hydrogens (tertiary/aromatic N) is 5. The zero-order valence-electron chi connectivity index (χ0n) is 15.9. The highest BCUT2D eigenvalue weighted by molar-refractivity contribution is 6.20. The predicted molar refractivity (Wildman–Crippen MR) is 94.9 cm³/mol. The summed E-state index contributed by atoms with van der Waals surface area (Å²) in [6.07, 6.45) is 6.06. The molecule has 0 aliphatic carbocycles. The molecule has 0 N–H and O–H groups in total. The third-order valence-electron chi connectivity index (χ3n) is 5.43. The second kappa shape index (κ2) is 6.61. The highest BCUT2D eigenvalue weighted by Crippen LogP contribution is 2.34. The summed E-state index contributed by atoms with van der Waals surface area (Å²) in [7, 11) is 3.21. The van der Waals surface area contributed by atoms with E-state index in [0.29, 0.717) is 5.84 Å². The van der Waals surface area contributed by atoms with Crippen molar-refractivity contribution >= 4 is 23.7 Å². The van der Waals surface area contributed by atoms with E-state index in [9.17, 15) is 9.59 Å². The number of amides is 3. The number of carbonyl (C=O) groups is 2. The normalized spacial score (nSPS) is 19.4. The number of hydrogen-bond acceptors (Lipinski definition) is 3. The Bertz CT molecular complexity index is 749. The molecule has 3 heterocycles. The van der Waals surface area contributed by atoms with E-state index >= 15 is 0 Å². The summed E-state index contributed by atoms with van der Waals surface area (Å²) in [5.74, 6) is 1.11. The average Bonchev–Trinajstić information content (AvgIpc) is 3.09. The van der Waals surface area contributed by atoms with E-state index in [1.807, 2.05) is 11.5 Å². The van der Waals surface area contributed by atoms with E-state index in [0.717, 1.165) is 30.3 Å². The maximum atomic E-state index is 12.7. The number of hydrogen-bond donors (Lipinski definition) is 0. The van der Waals surface area contributed by atoms with E-state index in [4.69, 9.17) is 0 Å². The van der Waals surface area contributed by atoms with E-state index in [2.05, 4.69) is 23.4 Å². The first-order valence-electron chi connectivity index (χ1n) is 9.15. The Labute approximate surface area is 148 Å². The van der Waals surface area contributed by atoms with Gasteiger partial charge >= 0.3 is 12.0 Å². The van der Waals surface area contributed by atoms with Crippen molar-refractivity contribution in [2.75, 3.05) is 14.1 Å². The SMILES string of the molecule is CCCCCCC[n+]1c(C)c(C)n2c1N=C1C2C(=O)N(C)C(=O)N1C. The lowest BCUT2D eigenvalue weighted by molar-refractivity contribution is -0.689. The molecule has 3 amide bonds. The number of likely N-dealkylation sites (N-methyl/N-ethyl adjacent to an activating group) is 2. The fourth-order valence-electron chi connectivity index (χ4n) is 3.72. The summed E-state index contributed by atoms with van der Waals surface area (Å²) in [4.78, 5) is 32.2. The first-order valence-corrected chi connectivity index (χ1v) is 9.15. The monoisotopic (exact) mass is 346 g/mol. The molecule has 1 fully saturated rings. The van der Waals surface area contributed by atoms with Gasteiger partial charge in [0.1, 0.15) is 11.4 Å². The molecule has 1 aromatic heterocycles. The van der Waals surface area contributed by atoms with Crippen LogP contribution in [-0.4, -0.2) is 46.2 Å². The fraction of sp³-hybridized carbons (Fsp3) is 0.667. The van der Waals surface area contributed by atoms with Crippen LogP contribution >= 0.6 is 0 Å². The molecule has 2 aliphatic heterocycles. The van der Waals surface area contributed by atoms with Gasteiger partial charge in [0.25, 0.3) is 5.91 Å². The topological polar surface area (TPSA) is 61.8 Å². The van der Waals surface area contributed by atoms with Gasteiger partial charge in [0.2, 0.25) is 11.9 Å². The van der Waals surface area contributed by atoms with Crippen molar-refractivity contribution in [2.24, 2.45) is 4.99 Å². The largest absolute Gasteiger partial charge is 0.402 e. The minimum atomic E-state index is -0.525. The third kappa shape index (κ3) is 2.65. The average molecular weight is 346 g/mol. The summed E-state index contributed by atoms with van der Waals surface area (Å²) in [5, 5.41) is 0. The summed E-state index contributed by atoms with van der Waals surface area (Å²) >= 11 is 0. The predicted octanol–water partition coefficient (Wildman–Crippen LogP) is 2.47. The lowest BCUT2D eigenvalue weighted by atomic mass is 10.1. The number of imidazole rings is 1. The summed E-state index contributed by atoms with van der Waals surface area (Å²) < 4.78 is 4.18. The zero-order chi connectivity index (χ0) is 18.3. The second-order valence-corrected chi connectivity index (χ2v) is 7.02. The number of rotatable bonds is 6. The van der Waals surface area contributed by atoms with Crippen LogP contribution in [0.5, 0.6) is 0 Å². The van der Waals surface area contributed by atoms with E-state index < -0.39 is 6.04 Å². The molecule has 7 nitrogen and oxygen atoms in total. The van der Waals surface area contributed by atoms with E-state index in [1.54, 1.807) is 7.05 Å². The Morgan fingerprint density at radius 2 is 1.72 bits per heavy atom. The van der Waals surface area contributed by atoms with Crippen LogP contribution < -0.4 is 4.57 Å². The number of unbranched alkanes of at least 4 members (excludes halogenated alkanes) is 4. The van der Waals surface area contributed by atoms with Gasteiger partial charge in [-0.05, 0) is 20.3 Å². The number of imide groups is 1. The molecule has 25 heavy (non-hydrogen) atoms. The van der Waals surface area contributed by atoms with Crippen LogP contribution in [0.1, 0.15) is 56.5 Å². The summed E-state index contributed by atoms with van der Waals surface area (Å²) in [6.45, 7) is 7.21. The zero-order valence-corrected chi connectivity index (χ0v) is 15.9. The number of urea groups is 1. The Hall–Kier alpha value is -2.18. The highest BCUT2D eigenvalue weighted by Gasteiger charge is 2.53. The Kier molecular flexibility index (Phi) is 4.67. The van der Waals surface area contributed by atoms with Gasteiger partial charge in [-0.25, -0.2) is 13.9 Å². The number of fused-ring (bicyclic) bond motifs is 3. The van der Waals surface area contributed by atoms with Gasteiger partial charge in [0, 0.05) is 14.1 Å². The van der Waals surface area contributed by atoms with Crippen molar-refractivity contribution < 1.29 is 14.2 Å².